The van der Waals surface area contributed by atoms with Crippen LogP contribution in [-0.2, 0) is 4.79 Å². The molecule has 1 heterocycles. The average Bonchev–Trinajstić information content (AvgIpc) is 2.59. The van der Waals surface area contributed by atoms with Gasteiger partial charge in [-0.25, -0.2) is 0 Å². The van der Waals surface area contributed by atoms with E-state index in [1.807, 2.05) is 4.90 Å². The number of nitrogens with zero attached hydrogens (tertiary/aromatic N) is 1. The van der Waals surface area contributed by atoms with Crippen LogP contribution in [0.1, 0.15) is 5.56 Å². The van der Waals surface area contributed by atoms with Crippen molar-refractivity contribution in [1.29, 1.82) is 0 Å². The molecule has 6 nitrogen and oxygen atoms in total. The molecule has 2 rings (SSSR count). The number of amides is 1. The maximum Gasteiger partial charge on any atom is 0.246 e. The number of methoxy groups -OCH3 is 3. The van der Waals surface area contributed by atoms with Gasteiger partial charge < -0.3 is 24.0 Å². The number of ether oxygens (including phenoxy) is 3. The summed E-state index contributed by atoms with van der Waals surface area (Å²) in [6, 6.07) is 3.55. The van der Waals surface area contributed by atoms with Gasteiger partial charge in [-0.15, -0.1) is 0 Å². The van der Waals surface area contributed by atoms with E-state index in [9.17, 15) is 4.79 Å². The molecular formula is C17H25N2O4+. The molecule has 0 spiro atoms. The van der Waals surface area contributed by atoms with Crippen molar-refractivity contribution in [2.45, 2.75) is 0 Å². The van der Waals surface area contributed by atoms with Crippen molar-refractivity contribution in [3.05, 3.63) is 23.8 Å². The summed E-state index contributed by atoms with van der Waals surface area (Å²) < 4.78 is 15.9. The van der Waals surface area contributed by atoms with E-state index in [1.165, 1.54) is 4.90 Å². The molecule has 23 heavy (non-hydrogen) atoms. The Kier molecular flexibility index (Phi) is 5.87. The van der Waals surface area contributed by atoms with E-state index >= 15 is 0 Å². The molecule has 1 aromatic rings. The molecule has 0 saturated carbocycles. The molecule has 1 N–H and O–H groups in total. The number of quaternary nitrogens is 1. The molecule has 1 amide bonds. The lowest BCUT2D eigenvalue weighted by Crippen LogP contribution is -3.12. The summed E-state index contributed by atoms with van der Waals surface area (Å²) >= 11 is 0. The van der Waals surface area contributed by atoms with Crippen LogP contribution in [0.25, 0.3) is 6.08 Å². The lowest BCUT2D eigenvalue weighted by molar-refractivity contribution is -0.883. The summed E-state index contributed by atoms with van der Waals surface area (Å²) in [6.45, 7) is 3.55. The van der Waals surface area contributed by atoms with Crippen LogP contribution in [0.2, 0.25) is 0 Å². The molecule has 0 aromatic heterocycles. The van der Waals surface area contributed by atoms with E-state index in [0.29, 0.717) is 17.2 Å². The number of piperazine rings is 1. The van der Waals surface area contributed by atoms with Crippen molar-refractivity contribution >= 4 is 12.0 Å². The Morgan fingerprint density at radius 2 is 1.61 bits per heavy atom. The average molecular weight is 321 g/mol. The second kappa shape index (κ2) is 7.87. The predicted octanol–water partition coefficient (Wildman–Crippen LogP) is 0.0825. The van der Waals surface area contributed by atoms with Gasteiger partial charge in [0.15, 0.2) is 11.5 Å². The van der Waals surface area contributed by atoms with Crippen LogP contribution in [-0.4, -0.2) is 65.4 Å². The minimum absolute atomic E-state index is 0.0225. The molecule has 0 radical (unpaired) electrons. The Balaban J connectivity index is 2.16. The van der Waals surface area contributed by atoms with Crippen LogP contribution >= 0.6 is 0 Å². The molecule has 1 aliphatic rings. The van der Waals surface area contributed by atoms with Gasteiger partial charge in [-0.05, 0) is 12.1 Å². The lowest BCUT2D eigenvalue weighted by Gasteiger charge is -2.29. The predicted molar refractivity (Wildman–Crippen MR) is 88.3 cm³/mol. The van der Waals surface area contributed by atoms with E-state index in [0.717, 1.165) is 31.7 Å². The van der Waals surface area contributed by atoms with E-state index in [4.69, 9.17) is 14.2 Å². The summed E-state index contributed by atoms with van der Waals surface area (Å²) in [5.41, 5.74) is 0.776. The third-order valence-corrected chi connectivity index (χ3v) is 4.07. The second-order valence-electron chi connectivity index (χ2n) is 5.56. The van der Waals surface area contributed by atoms with Crippen LogP contribution in [0.4, 0.5) is 0 Å². The first-order valence-electron chi connectivity index (χ1n) is 7.67. The quantitative estimate of drug-likeness (QED) is 0.781. The fourth-order valence-corrected chi connectivity index (χ4v) is 2.56. The van der Waals surface area contributed by atoms with Gasteiger partial charge >= 0.3 is 0 Å². The molecule has 0 unspecified atom stereocenters. The van der Waals surface area contributed by atoms with Gasteiger partial charge in [0.1, 0.15) is 5.75 Å². The third-order valence-electron chi connectivity index (χ3n) is 4.07. The highest BCUT2D eigenvalue weighted by Gasteiger charge is 2.19. The Morgan fingerprint density at radius 3 is 2.17 bits per heavy atom. The molecule has 1 aliphatic heterocycles. The van der Waals surface area contributed by atoms with Gasteiger partial charge in [0.25, 0.3) is 0 Å². The molecule has 0 bridgehead atoms. The minimum atomic E-state index is 0.0225. The summed E-state index contributed by atoms with van der Waals surface area (Å²) in [5, 5.41) is 0. The Bertz CT molecular complexity index is 578. The summed E-state index contributed by atoms with van der Waals surface area (Å²) in [7, 11) is 6.89. The van der Waals surface area contributed by atoms with Gasteiger partial charge in [0.05, 0.1) is 54.6 Å². The summed E-state index contributed by atoms with van der Waals surface area (Å²) in [5.74, 6) is 1.85. The van der Waals surface area contributed by atoms with E-state index in [2.05, 4.69) is 7.05 Å². The van der Waals surface area contributed by atoms with Crippen molar-refractivity contribution in [2.75, 3.05) is 54.6 Å². The topological polar surface area (TPSA) is 52.4 Å². The Labute approximate surface area is 137 Å². The van der Waals surface area contributed by atoms with Gasteiger partial charge in [-0.3, -0.25) is 4.79 Å². The number of carbonyl (C=O) groups is 1. The zero-order valence-corrected chi connectivity index (χ0v) is 14.2. The number of rotatable bonds is 5. The number of carbonyl (C=O) groups excluding carboxylic acids is 1. The zero-order valence-electron chi connectivity index (χ0n) is 14.2. The van der Waals surface area contributed by atoms with Gasteiger partial charge in [0, 0.05) is 17.7 Å². The van der Waals surface area contributed by atoms with Crippen LogP contribution < -0.4 is 19.1 Å². The van der Waals surface area contributed by atoms with Crippen molar-refractivity contribution in [3.63, 3.8) is 0 Å². The standard InChI is InChI=1S/C17H24N2O4/c1-18-7-9-19(10-8-18)17(20)6-5-13-11-15(22-3)16(23-4)12-14(13)21-2/h5-6,11-12H,7-10H2,1-4H3/p+1/b6-5+. The first kappa shape index (κ1) is 17.1. The smallest absolute Gasteiger partial charge is 0.246 e. The number of likely N-dealkylation sites (N-methyl/N-ethyl adjacent to an activating group) is 1. The molecule has 1 aromatic carbocycles. The fourth-order valence-electron chi connectivity index (χ4n) is 2.56. The highest BCUT2D eigenvalue weighted by Crippen LogP contribution is 2.35. The molecule has 126 valence electrons. The van der Waals surface area contributed by atoms with Crippen LogP contribution in [0.5, 0.6) is 17.2 Å². The van der Waals surface area contributed by atoms with Gasteiger partial charge in [-0.1, -0.05) is 0 Å². The summed E-state index contributed by atoms with van der Waals surface area (Å²) in [6.07, 6.45) is 3.35. The maximum atomic E-state index is 12.3. The van der Waals surface area contributed by atoms with Crippen LogP contribution in [0.3, 0.4) is 0 Å². The fraction of sp³-hybridized carbons (Fsp3) is 0.471. The normalized spacial score (nSPS) is 15.7. The second-order valence-corrected chi connectivity index (χ2v) is 5.56. The maximum absolute atomic E-state index is 12.3. The van der Waals surface area contributed by atoms with E-state index in [-0.39, 0.29) is 5.91 Å². The third kappa shape index (κ3) is 4.16. The van der Waals surface area contributed by atoms with Crippen LogP contribution in [0, 0.1) is 0 Å². The molecule has 0 aliphatic carbocycles. The van der Waals surface area contributed by atoms with E-state index < -0.39 is 0 Å². The monoisotopic (exact) mass is 321 g/mol. The first-order chi connectivity index (χ1) is 11.1. The lowest BCUT2D eigenvalue weighted by atomic mass is 10.1. The van der Waals surface area contributed by atoms with Crippen molar-refractivity contribution < 1.29 is 23.9 Å². The SMILES string of the molecule is COc1cc(OC)c(OC)cc1/C=C/C(=O)N1CC[NH+](C)CC1. The number of benzene rings is 1. The highest BCUT2D eigenvalue weighted by atomic mass is 16.5. The zero-order chi connectivity index (χ0) is 16.8. The van der Waals surface area contributed by atoms with Gasteiger partial charge in [-0.2, -0.15) is 0 Å². The molecule has 1 saturated heterocycles. The minimum Gasteiger partial charge on any atom is -0.496 e. The number of nitrogens with one attached hydrogen (secondary N) is 1. The largest absolute Gasteiger partial charge is 0.496 e. The van der Waals surface area contributed by atoms with Crippen molar-refractivity contribution in [2.24, 2.45) is 0 Å². The number of hydrogen-bond donors (Lipinski definition) is 1. The summed E-state index contributed by atoms with van der Waals surface area (Å²) in [4.78, 5) is 15.6. The van der Waals surface area contributed by atoms with Crippen molar-refractivity contribution in [3.8, 4) is 17.2 Å². The molecule has 0 atom stereocenters. The van der Waals surface area contributed by atoms with Crippen LogP contribution in [0.15, 0.2) is 18.2 Å². The molecular weight excluding hydrogens is 296 g/mol. The first-order valence-corrected chi connectivity index (χ1v) is 7.67. The number of hydrogen-bond acceptors (Lipinski definition) is 4. The Morgan fingerprint density at radius 1 is 1.04 bits per heavy atom. The molecule has 1 fully saturated rings. The van der Waals surface area contributed by atoms with E-state index in [1.54, 1.807) is 45.6 Å². The Hall–Kier alpha value is -2.21. The molecule has 6 heteroatoms. The van der Waals surface area contributed by atoms with Crippen molar-refractivity contribution in [1.82, 2.24) is 4.90 Å². The van der Waals surface area contributed by atoms with Gasteiger partial charge in [0.2, 0.25) is 5.91 Å². The highest BCUT2D eigenvalue weighted by molar-refractivity contribution is 5.92.